The highest BCUT2D eigenvalue weighted by Gasteiger charge is 2.10. The number of nitrogens with zero attached hydrogens (tertiary/aromatic N) is 2. The van der Waals surface area contributed by atoms with Gasteiger partial charge in [0.15, 0.2) is 5.96 Å². The van der Waals surface area contributed by atoms with E-state index >= 15 is 0 Å². The van der Waals surface area contributed by atoms with Gasteiger partial charge in [-0.25, -0.2) is 4.98 Å². The molecule has 0 radical (unpaired) electrons. The molecule has 3 N–H and O–H groups in total. The maximum absolute atomic E-state index is 10.3. The second-order valence-electron chi connectivity index (χ2n) is 5.30. The number of benzene rings is 1. The number of aliphatic hydroxyl groups is 1. The van der Waals surface area contributed by atoms with Gasteiger partial charge in [-0.2, -0.15) is 0 Å². The van der Waals surface area contributed by atoms with Gasteiger partial charge >= 0.3 is 0 Å². The summed E-state index contributed by atoms with van der Waals surface area (Å²) in [4.78, 5) is 10.00. The van der Waals surface area contributed by atoms with E-state index in [9.17, 15) is 5.11 Å². The zero-order chi connectivity index (χ0) is 17.4. The molecule has 1 heterocycles. The third-order valence-electron chi connectivity index (χ3n) is 3.33. The molecule has 1 unspecified atom stereocenters. The van der Waals surface area contributed by atoms with Crippen LogP contribution in [-0.2, 0) is 6.42 Å². The maximum Gasteiger partial charge on any atom is 0.191 e. The van der Waals surface area contributed by atoms with Crippen LogP contribution in [0.3, 0.4) is 0 Å². The monoisotopic (exact) mass is 366 g/mol. The minimum absolute atomic E-state index is 0.245. The van der Waals surface area contributed by atoms with Gasteiger partial charge in [-0.15, -0.1) is 11.3 Å². The number of thiazole rings is 1. The standard InChI is InChI=1S/C17H23ClN4OS/c1-3-19-17(20-9-8-16-21-10-12(2)24-16)22-11-15(23)13-6-4-5-7-14(13)18/h4-7,10,15,23H,3,8-9,11H2,1-2H3,(H2,19,20,22). The molecule has 0 aliphatic heterocycles. The van der Waals surface area contributed by atoms with E-state index in [1.807, 2.05) is 31.3 Å². The summed E-state index contributed by atoms with van der Waals surface area (Å²) in [7, 11) is 0. The van der Waals surface area contributed by atoms with Crippen LogP contribution < -0.4 is 10.6 Å². The van der Waals surface area contributed by atoms with Gasteiger partial charge in [-0.05, 0) is 19.9 Å². The second kappa shape index (κ2) is 9.61. The quantitative estimate of drug-likeness (QED) is 0.520. The molecule has 0 aliphatic carbocycles. The highest BCUT2D eigenvalue weighted by atomic mass is 35.5. The molecule has 0 amide bonds. The Balaban J connectivity index is 1.88. The van der Waals surface area contributed by atoms with Crippen molar-refractivity contribution in [2.45, 2.75) is 26.4 Å². The third-order valence-corrected chi connectivity index (χ3v) is 4.65. The molecule has 0 saturated carbocycles. The normalized spacial score (nSPS) is 12.9. The second-order valence-corrected chi connectivity index (χ2v) is 7.02. The maximum atomic E-state index is 10.3. The lowest BCUT2D eigenvalue weighted by molar-refractivity contribution is 0.187. The van der Waals surface area contributed by atoms with Gasteiger partial charge in [-0.1, -0.05) is 29.8 Å². The molecule has 2 rings (SSSR count). The zero-order valence-corrected chi connectivity index (χ0v) is 15.5. The number of aryl methyl sites for hydroxylation is 1. The number of aliphatic imine (C=N–C) groups is 1. The van der Waals surface area contributed by atoms with Crippen molar-refractivity contribution >= 4 is 28.9 Å². The summed E-state index contributed by atoms with van der Waals surface area (Å²) in [5, 5.41) is 18.4. The molecular formula is C17H23ClN4OS. The molecule has 2 aromatic rings. The summed E-state index contributed by atoms with van der Waals surface area (Å²) in [6, 6.07) is 7.28. The van der Waals surface area contributed by atoms with E-state index in [0.717, 1.165) is 24.5 Å². The molecule has 0 bridgehead atoms. The van der Waals surface area contributed by atoms with Gasteiger partial charge in [0.2, 0.25) is 0 Å². The van der Waals surface area contributed by atoms with E-state index in [-0.39, 0.29) is 6.54 Å². The van der Waals surface area contributed by atoms with Crippen molar-refractivity contribution in [3.63, 3.8) is 0 Å². The van der Waals surface area contributed by atoms with Crippen LogP contribution >= 0.6 is 22.9 Å². The molecule has 130 valence electrons. The Morgan fingerprint density at radius 1 is 1.38 bits per heavy atom. The predicted molar refractivity (Wildman–Crippen MR) is 101 cm³/mol. The number of aromatic nitrogens is 1. The number of hydrogen-bond acceptors (Lipinski definition) is 4. The Labute approximate surface area is 151 Å². The first-order chi connectivity index (χ1) is 11.6. The minimum atomic E-state index is -0.726. The first-order valence-corrected chi connectivity index (χ1v) is 9.15. The van der Waals surface area contributed by atoms with Crippen LogP contribution in [0, 0.1) is 6.92 Å². The molecule has 24 heavy (non-hydrogen) atoms. The van der Waals surface area contributed by atoms with Crippen LogP contribution in [0.25, 0.3) is 0 Å². The summed E-state index contributed by atoms with van der Waals surface area (Å²) in [6.45, 7) is 5.79. The Morgan fingerprint density at radius 2 is 2.17 bits per heavy atom. The largest absolute Gasteiger partial charge is 0.386 e. The van der Waals surface area contributed by atoms with Gasteiger partial charge in [-0.3, -0.25) is 4.99 Å². The van der Waals surface area contributed by atoms with Crippen molar-refractivity contribution in [3.8, 4) is 0 Å². The lowest BCUT2D eigenvalue weighted by Gasteiger charge is -2.13. The highest BCUT2D eigenvalue weighted by Crippen LogP contribution is 2.22. The molecule has 7 heteroatoms. The summed E-state index contributed by atoms with van der Waals surface area (Å²) >= 11 is 7.81. The van der Waals surface area contributed by atoms with Gasteiger partial charge < -0.3 is 15.7 Å². The molecule has 0 saturated heterocycles. The molecule has 5 nitrogen and oxygen atoms in total. The van der Waals surface area contributed by atoms with E-state index in [0.29, 0.717) is 16.5 Å². The molecule has 0 aliphatic rings. The fraction of sp³-hybridized carbons (Fsp3) is 0.412. The summed E-state index contributed by atoms with van der Waals surface area (Å²) in [6.07, 6.45) is 2.01. The summed E-state index contributed by atoms with van der Waals surface area (Å²) in [5.41, 5.74) is 0.692. The first-order valence-electron chi connectivity index (χ1n) is 7.96. The average molecular weight is 367 g/mol. The first kappa shape index (κ1) is 18.7. The van der Waals surface area contributed by atoms with Crippen LogP contribution in [-0.4, -0.2) is 35.7 Å². The lowest BCUT2D eigenvalue weighted by Crippen LogP contribution is -2.38. The Hall–Kier alpha value is -1.63. The van der Waals surface area contributed by atoms with E-state index < -0.39 is 6.10 Å². The van der Waals surface area contributed by atoms with Crippen LogP contribution in [0.5, 0.6) is 0 Å². The Morgan fingerprint density at radius 3 is 2.83 bits per heavy atom. The van der Waals surface area contributed by atoms with Crippen molar-refractivity contribution in [3.05, 3.63) is 50.9 Å². The number of rotatable bonds is 7. The van der Waals surface area contributed by atoms with Gasteiger partial charge in [0.05, 0.1) is 11.6 Å². The van der Waals surface area contributed by atoms with Gasteiger partial charge in [0.1, 0.15) is 6.10 Å². The summed E-state index contributed by atoms with van der Waals surface area (Å²) < 4.78 is 0. The average Bonchev–Trinajstić information content (AvgIpc) is 2.98. The number of nitrogens with one attached hydrogen (secondary N) is 2. The van der Waals surface area contributed by atoms with E-state index in [1.165, 1.54) is 4.88 Å². The highest BCUT2D eigenvalue weighted by molar-refractivity contribution is 7.11. The summed E-state index contributed by atoms with van der Waals surface area (Å²) in [5.74, 6) is 0.678. The topological polar surface area (TPSA) is 69.5 Å². The van der Waals surface area contributed by atoms with E-state index in [2.05, 4.69) is 27.5 Å². The van der Waals surface area contributed by atoms with Gasteiger partial charge in [0, 0.05) is 41.2 Å². The zero-order valence-electron chi connectivity index (χ0n) is 13.9. The number of aliphatic hydroxyl groups excluding tert-OH is 1. The Bertz CT molecular complexity index is 674. The minimum Gasteiger partial charge on any atom is -0.386 e. The smallest absolute Gasteiger partial charge is 0.191 e. The van der Waals surface area contributed by atoms with Crippen molar-refractivity contribution in [2.75, 3.05) is 19.6 Å². The van der Waals surface area contributed by atoms with Crippen LogP contribution in [0.2, 0.25) is 5.02 Å². The molecule has 1 aromatic carbocycles. The van der Waals surface area contributed by atoms with Crippen LogP contribution in [0.4, 0.5) is 0 Å². The number of guanidine groups is 1. The molecule has 0 spiro atoms. The van der Waals surface area contributed by atoms with Crippen molar-refractivity contribution in [1.82, 2.24) is 15.6 Å². The lowest BCUT2D eigenvalue weighted by atomic mass is 10.1. The van der Waals surface area contributed by atoms with Crippen molar-refractivity contribution in [1.29, 1.82) is 0 Å². The van der Waals surface area contributed by atoms with Crippen LogP contribution in [0.1, 0.15) is 28.5 Å². The fourth-order valence-electron chi connectivity index (χ4n) is 2.17. The predicted octanol–water partition coefficient (Wildman–Crippen LogP) is 2.94. The van der Waals surface area contributed by atoms with E-state index in [4.69, 9.17) is 11.6 Å². The van der Waals surface area contributed by atoms with Crippen LogP contribution in [0.15, 0.2) is 35.5 Å². The van der Waals surface area contributed by atoms with Crippen molar-refractivity contribution < 1.29 is 5.11 Å². The molecule has 0 fully saturated rings. The SMILES string of the molecule is CCNC(=NCC(O)c1ccccc1Cl)NCCc1ncc(C)s1. The number of halogens is 1. The third kappa shape index (κ3) is 5.78. The number of hydrogen-bond donors (Lipinski definition) is 3. The molecular weight excluding hydrogens is 344 g/mol. The molecule has 1 aromatic heterocycles. The van der Waals surface area contributed by atoms with E-state index in [1.54, 1.807) is 17.4 Å². The fourth-order valence-corrected chi connectivity index (χ4v) is 3.22. The Kier molecular flexibility index (Phi) is 7.49. The molecule has 1 atom stereocenters. The van der Waals surface area contributed by atoms with Crippen molar-refractivity contribution in [2.24, 2.45) is 4.99 Å². The van der Waals surface area contributed by atoms with Gasteiger partial charge in [0.25, 0.3) is 0 Å².